The third-order valence-electron chi connectivity index (χ3n) is 3.57. The maximum Gasteiger partial charge on any atom is 0.0521 e. The van der Waals surface area contributed by atoms with E-state index in [4.69, 9.17) is 4.74 Å². The van der Waals surface area contributed by atoms with Gasteiger partial charge in [-0.1, -0.05) is 20.8 Å². The minimum absolute atomic E-state index is 0.648. The van der Waals surface area contributed by atoms with E-state index in [0.29, 0.717) is 12.0 Å². The van der Waals surface area contributed by atoms with Crippen LogP contribution < -0.4 is 5.32 Å². The molecular weight excluding hydrogens is 212 g/mol. The molecule has 0 aliphatic carbocycles. The molecule has 1 aliphatic rings. The van der Waals surface area contributed by atoms with Crippen molar-refractivity contribution in [3.05, 3.63) is 0 Å². The molecule has 3 heteroatoms. The number of rotatable bonds is 7. The molecule has 1 fully saturated rings. The standard InChI is InChI=1S/C14H30N2O/c1-5-15-14-7-9-17-11-13(14)10-16(4)8-6-12(2)3/h12-15H,5-11H2,1-4H3. The molecule has 0 radical (unpaired) electrons. The molecule has 0 aromatic rings. The first-order valence-corrected chi connectivity index (χ1v) is 7.13. The number of ether oxygens (including phenoxy) is 1. The third-order valence-corrected chi connectivity index (χ3v) is 3.57. The molecule has 1 saturated heterocycles. The van der Waals surface area contributed by atoms with Crippen molar-refractivity contribution in [2.75, 3.05) is 39.9 Å². The summed E-state index contributed by atoms with van der Waals surface area (Å²) in [6, 6.07) is 0.648. The van der Waals surface area contributed by atoms with E-state index in [1.54, 1.807) is 0 Å². The largest absolute Gasteiger partial charge is 0.381 e. The molecule has 1 rings (SSSR count). The Hall–Kier alpha value is -0.120. The van der Waals surface area contributed by atoms with E-state index >= 15 is 0 Å². The Bertz CT molecular complexity index is 195. The Morgan fingerprint density at radius 3 is 2.82 bits per heavy atom. The fourth-order valence-corrected chi connectivity index (χ4v) is 2.48. The molecule has 0 amide bonds. The summed E-state index contributed by atoms with van der Waals surface area (Å²) >= 11 is 0. The molecule has 0 aromatic carbocycles. The average molecular weight is 242 g/mol. The summed E-state index contributed by atoms with van der Waals surface area (Å²) in [6.45, 7) is 12.0. The lowest BCUT2D eigenvalue weighted by molar-refractivity contribution is 0.0198. The summed E-state index contributed by atoms with van der Waals surface area (Å²) < 4.78 is 5.62. The van der Waals surface area contributed by atoms with Crippen LogP contribution >= 0.6 is 0 Å². The van der Waals surface area contributed by atoms with Crippen LogP contribution in [-0.2, 0) is 4.74 Å². The Kier molecular flexibility index (Phi) is 7.09. The van der Waals surface area contributed by atoms with Crippen molar-refractivity contribution in [3.63, 3.8) is 0 Å². The van der Waals surface area contributed by atoms with Crippen molar-refractivity contribution in [2.45, 2.75) is 39.7 Å². The highest BCUT2D eigenvalue weighted by Crippen LogP contribution is 2.16. The summed E-state index contributed by atoms with van der Waals surface area (Å²) in [5.41, 5.74) is 0. The topological polar surface area (TPSA) is 24.5 Å². The molecule has 0 saturated carbocycles. The SMILES string of the molecule is CCNC1CCOCC1CN(C)CCC(C)C. The smallest absolute Gasteiger partial charge is 0.0521 e. The third kappa shape index (κ3) is 5.84. The zero-order chi connectivity index (χ0) is 12.7. The number of nitrogens with zero attached hydrogens (tertiary/aromatic N) is 1. The first-order valence-electron chi connectivity index (χ1n) is 7.13. The van der Waals surface area contributed by atoms with Gasteiger partial charge in [-0.25, -0.2) is 0 Å². The van der Waals surface area contributed by atoms with Crippen LogP contribution in [0.1, 0.15) is 33.6 Å². The molecule has 0 spiro atoms. The Balaban J connectivity index is 2.30. The highest BCUT2D eigenvalue weighted by molar-refractivity contribution is 4.81. The zero-order valence-corrected chi connectivity index (χ0v) is 12.0. The Morgan fingerprint density at radius 2 is 2.18 bits per heavy atom. The van der Waals surface area contributed by atoms with E-state index in [1.165, 1.54) is 13.0 Å². The molecule has 102 valence electrons. The van der Waals surface area contributed by atoms with Crippen molar-refractivity contribution >= 4 is 0 Å². The first-order chi connectivity index (χ1) is 8.13. The maximum absolute atomic E-state index is 5.62. The molecule has 1 N–H and O–H groups in total. The van der Waals surface area contributed by atoms with E-state index in [2.05, 4.69) is 38.0 Å². The lowest BCUT2D eigenvalue weighted by Crippen LogP contribution is -2.47. The zero-order valence-electron chi connectivity index (χ0n) is 12.0. The van der Waals surface area contributed by atoms with Gasteiger partial charge < -0.3 is 15.0 Å². The van der Waals surface area contributed by atoms with E-state index in [-0.39, 0.29) is 0 Å². The van der Waals surface area contributed by atoms with Gasteiger partial charge in [0.15, 0.2) is 0 Å². The minimum atomic E-state index is 0.648. The minimum Gasteiger partial charge on any atom is -0.381 e. The summed E-state index contributed by atoms with van der Waals surface area (Å²) in [5, 5.41) is 3.60. The molecule has 2 atom stereocenters. The number of hydrogen-bond donors (Lipinski definition) is 1. The highest BCUT2D eigenvalue weighted by Gasteiger charge is 2.25. The molecule has 0 aromatic heterocycles. The molecule has 3 nitrogen and oxygen atoms in total. The van der Waals surface area contributed by atoms with E-state index in [0.717, 1.165) is 38.6 Å². The normalized spacial score (nSPS) is 25.8. The highest BCUT2D eigenvalue weighted by atomic mass is 16.5. The summed E-state index contributed by atoms with van der Waals surface area (Å²) in [6.07, 6.45) is 2.45. The molecule has 17 heavy (non-hydrogen) atoms. The maximum atomic E-state index is 5.62. The van der Waals surface area contributed by atoms with E-state index < -0.39 is 0 Å². The van der Waals surface area contributed by atoms with Gasteiger partial charge in [0.25, 0.3) is 0 Å². The predicted molar refractivity (Wildman–Crippen MR) is 73.3 cm³/mol. The lowest BCUT2D eigenvalue weighted by atomic mass is 9.95. The van der Waals surface area contributed by atoms with E-state index in [9.17, 15) is 0 Å². The van der Waals surface area contributed by atoms with Gasteiger partial charge in [-0.3, -0.25) is 0 Å². The molecule has 0 bridgehead atoms. The Labute approximate surface area is 107 Å². The van der Waals surface area contributed by atoms with Gasteiger partial charge in [0.2, 0.25) is 0 Å². The van der Waals surface area contributed by atoms with Crippen molar-refractivity contribution in [2.24, 2.45) is 11.8 Å². The van der Waals surface area contributed by atoms with Crippen LogP contribution in [0.2, 0.25) is 0 Å². The van der Waals surface area contributed by atoms with Crippen LogP contribution in [0.25, 0.3) is 0 Å². The van der Waals surface area contributed by atoms with E-state index in [1.807, 2.05) is 0 Å². The van der Waals surface area contributed by atoms with Gasteiger partial charge in [0, 0.05) is 25.1 Å². The van der Waals surface area contributed by atoms with Crippen molar-refractivity contribution < 1.29 is 4.74 Å². The average Bonchev–Trinajstić information content (AvgIpc) is 2.29. The van der Waals surface area contributed by atoms with Crippen LogP contribution in [0.5, 0.6) is 0 Å². The van der Waals surface area contributed by atoms with Crippen molar-refractivity contribution in [3.8, 4) is 0 Å². The van der Waals surface area contributed by atoms with Gasteiger partial charge in [-0.05, 0) is 38.9 Å². The second-order valence-corrected chi connectivity index (χ2v) is 5.73. The fraction of sp³-hybridized carbons (Fsp3) is 1.00. The first kappa shape index (κ1) is 14.9. The van der Waals surface area contributed by atoms with Crippen molar-refractivity contribution in [1.82, 2.24) is 10.2 Å². The second kappa shape index (κ2) is 8.06. The summed E-state index contributed by atoms with van der Waals surface area (Å²) in [4.78, 5) is 2.46. The van der Waals surface area contributed by atoms with Gasteiger partial charge in [-0.15, -0.1) is 0 Å². The molecule has 1 aliphatic heterocycles. The Morgan fingerprint density at radius 1 is 1.41 bits per heavy atom. The molecular formula is C14H30N2O. The monoisotopic (exact) mass is 242 g/mol. The van der Waals surface area contributed by atoms with Gasteiger partial charge in [-0.2, -0.15) is 0 Å². The lowest BCUT2D eigenvalue weighted by Gasteiger charge is -2.34. The summed E-state index contributed by atoms with van der Waals surface area (Å²) in [7, 11) is 2.24. The van der Waals surface area contributed by atoms with Gasteiger partial charge >= 0.3 is 0 Å². The second-order valence-electron chi connectivity index (χ2n) is 5.73. The van der Waals surface area contributed by atoms with Gasteiger partial charge in [0.1, 0.15) is 0 Å². The van der Waals surface area contributed by atoms with Crippen LogP contribution in [0.3, 0.4) is 0 Å². The number of hydrogen-bond acceptors (Lipinski definition) is 3. The summed E-state index contributed by atoms with van der Waals surface area (Å²) in [5.74, 6) is 1.45. The van der Waals surface area contributed by atoms with Crippen LogP contribution in [-0.4, -0.2) is 50.8 Å². The van der Waals surface area contributed by atoms with Crippen molar-refractivity contribution in [1.29, 1.82) is 0 Å². The fourth-order valence-electron chi connectivity index (χ4n) is 2.48. The molecule has 2 unspecified atom stereocenters. The van der Waals surface area contributed by atoms with Crippen LogP contribution in [0, 0.1) is 11.8 Å². The van der Waals surface area contributed by atoms with Gasteiger partial charge in [0.05, 0.1) is 6.61 Å². The molecule has 1 heterocycles. The number of nitrogens with one attached hydrogen (secondary N) is 1. The quantitative estimate of drug-likeness (QED) is 0.739. The van der Waals surface area contributed by atoms with Crippen LogP contribution in [0.4, 0.5) is 0 Å². The predicted octanol–water partition coefficient (Wildman–Crippen LogP) is 1.98. The van der Waals surface area contributed by atoms with Crippen LogP contribution in [0.15, 0.2) is 0 Å².